The molecule has 0 atom stereocenters. The average molecular weight is 418 g/mol. The number of hydrogen-bond acceptors (Lipinski definition) is 1. The maximum atomic E-state index is 13.5. The zero-order valence-electron chi connectivity index (χ0n) is 18.1. The number of anilines is 1. The molecule has 0 spiro atoms. The number of aromatic nitrogens is 1. The molecule has 0 bridgehead atoms. The van der Waals surface area contributed by atoms with E-state index in [9.17, 15) is 9.18 Å². The molecular formula is C26H28FN3O. The molecule has 0 saturated carbocycles. The van der Waals surface area contributed by atoms with E-state index < -0.39 is 0 Å². The van der Waals surface area contributed by atoms with Gasteiger partial charge in [-0.05, 0) is 61.4 Å². The van der Waals surface area contributed by atoms with Gasteiger partial charge in [0.2, 0.25) is 0 Å². The summed E-state index contributed by atoms with van der Waals surface area (Å²) in [5, 5.41) is 5.38. The third-order valence-electron chi connectivity index (χ3n) is 5.68. The third kappa shape index (κ3) is 4.26. The van der Waals surface area contributed by atoms with Gasteiger partial charge < -0.3 is 9.88 Å². The Morgan fingerprint density at radius 3 is 2.45 bits per heavy atom. The lowest BCUT2D eigenvalue weighted by Gasteiger charge is -2.23. The number of unbranched alkanes of at least 4 members (excludes halogenated alkanes) is 1. The lowest BCUT2D eigenvalue weighted by Crippen LogP contribution is -2.40. The van der Waals surface area contributed by atoms with E-state index in [1.807, 2.05) is 0 Å². The van der Waals surface area contributed by atoms with Gasteiger partial charge >= 0.3 is 6.03 Å². The van der Waals surface area contributed by atoms with Crippen LogP contribution >= 0.6 is 0 Å². The first-order valence-corrected chi connectivity index (χ1v) is 10.9. The first kappa shape index (κ1) is 20.9. The summed E-state index contributed by atoms with van der Waals surface area (Å²) in [5.41, 5.74) is 4.10. The summed E-state index contributed by atoms with van der Waals surface area (Å²) < 4.78 is 15.8. The van der Waals surface area contributed by atoms with Gasteiger partial charge in [0.1, 0.15) is 5.82 Å². The summed E-state index contributed by atoms with van der Waals surface area (Å²) in [5.74, 6) is -0.316. The topological polar surface area (TPSA) is 37.3 Å². The van der Waals surface area contributed by atoms with Crippen LogP contribution in [0.2, 0.25) is 0 Å². The van der Waals surface area contributed by atoms with Crippen molar-refractivity contribution in [3.8, 4) is 0 Å². The Morgan fingerprint density at radius 2 is 1.71 bits per heavy atom. The predicted molar refractivity (Wildman–Crippen MR) is 126 cm³/mol. The summed E-state index contributed by atoms with van der Waals surface area (Å²) >= 11 is 0. The van der Waals surface area contributed by atoms with Gasteiger partial charge in [-0.2, -0.15) is 0 Å². The number of fused-ring (bicyclic) bond motifs is 3. The predicted octanol–water partition coefficient (Wildman–Crippen LogP) is 6.47. The molecule has 31 heavy (non-hydrogen) atoms. The first-order valence-electron chi connectivity index (χ1n) is 10.9. The fraction of sp³-hybridized carbons (Fsp3) is 0.269. The van der Waals surface area contributed by atoms with Crippen LogP contribution in [0, 0.1) is 5.82 Å². The number of halogens is 1. The van der Waals surface area contributed by atoms with E-state index in [1.54, 1.807) is 17.0 Å². The molecule has 0 unspecified atom stereocenters. The van der Waals surface area contributed by atoms with Crippen molar-refractivity contribution in [2.75, 3.05) is 11.4 Å². The molecule has 0 fully saturated rings. The second-order valence-corrected chi connectivity index (χ2v) is 7.76. The highest BCUT2D eigenvalue weighted by Crippen LogP contribution is 2.30. The minimum atomic E-state index is -0.316. The Balaban J connectivity index is 1.71. The summed E-state index contributed by atoms with van der Waals surface area (Å²) in [6.45, 7) is 6.16. The van der Waals surface area contributed by atoms with Crippen LogP contribution in [-0.4, -0.2) is 17.1 Å². The van der Waals surface area contributed by atoms with Gasteiger partial charge in [-0.15, -0.1) is 0 Å². The fourth-order valence-electron chi connectivity index (χ4n) is 4.09. The van der Waals surface area contributed by atoms with Crippen molar-refractivity contribution in [2.24, 2.45) is 0 Å². The molecule has 1 aromatic heterocycles. The number of rotatable bonds is 7. The summed E-state index contributed by atoms with van der Waals surface area (Å²) in [7, 11) is 0. The van der Waals surface area contributed by atoms with Crippen LogP contribution in [0.15, 0.2) is 66.7 Å². The smallest absolute Gasteiger partial charge is 0.322 e. The van der Waals surface area contributed by atoms with Gasteiger partial charge in [0.25, 0.3) is 0 Å². The van der Waals surface area contributed by atoms with E-state index in [2.05, 4.69) is 66.2 Å². The maximum Gasteiger partial charge on any atom is 0.322 e. The second kappa shape index (κ2) is 9.21. The van der Waals surface area contributed by atoms with Crippen LogP contribution in [-0.2, 0) is 13.1 Å². The van der Waals surface area contributed by atoms with E-state index in [-0.39, 0.29) is 11.8 Å². The number of aryl methyl sites for hydroxylation is 1. The molecule has 0 radical (unpaired) electrons. The van der Waals surface area contributed by atoms with Crippen molar-refractivity contribution in [2.45, 2.75) is 39.8 Å². The van der Waals surface area contributed by atoms with Crippen LogP contribution < -0.4 is 10.2 Å². The van der Waals surface area contributed by atoms with Crippen LogP contribution in [0.3, 0.4) is 0 Å². The highest BCUT2D eigenvalue weighted by atomic mass is 19.1. The van der Waals surface area contributed by atoms with E-state index in [0.717, 1.165) is 24.9 Å². The third-order valence-corrected chi connectivity index (χ3v) is 5.68. The number of carbonyl (C=O) groups is 1. The molecule has 160 valence electrons. The minimum Gasteiger partial charge on any atom is -0.341 e. The number of benzene rings is 3. The molecule has 5 heteroatoms. The standard InChI is InChI=1S/C26H28FN3O/c1-3-5-16-28-26(31)30(21-13-11-20(27)12-14-21)18-19-10-15-25-23(17-19)22-8-6-7-9-24(22)29(25)4-2/h6-15,17H,3-5,16,18H2,1-2H3,(H,28,31). The normalized spacial score (nSPS) is 11.2. The molecular weight excluding hydrogens is 389 g/mol. The highest BCUT2D eigenvalue weighted by molar-refractivity contribution is 6.08. The Bertz CT molecular complexity index is 1200. The van der Waals surface area contributed by atoms with E-state index in [4.69, 9.17) is 0 Å². The summed E-state index contributed by atoms with van der Waals surface area (Å²) in [6, 6.07) is 20.7. The Hall–Kier alpha value is -3.34. The van der Waals surface area contributed by atoms with Gasteiger partial charge in [0.05, 0.1) is 6.54 Å². The van der Waals surface area contributed by atoms with Crippen LogP contribution in [0.1, 0.15) is 32.3 Å². The van der Waals surface area contributed by atoms with Crippen LogP contribution in [0.5, 0.6) is 0 Å². The number of para-hydroxylation sites is 1. The highest BCUT2D eigenvalue weighted by Gasteiger charge is 2.17. The summed E-state index contributed by atoms with van der Waals surface area (Å²) in [6.07, 6.45) is 1.93. The second-order valence-electron chi connectivity index (χ2n) is 7.76. The Labute approximate surface area is 182 Å². The van der Waals surface area contributed by atoms with Gasteiger partial charge in [-0.1, -0.05) is 37.6 Å². The van der Waals surface area contributed by atoms with Crippen molar-refractivity contribution in [3.05, 3.63) is 78.1 Å². The zero-order valence-corrected chi connectivity index (χ0v) is 18.1. The average Bonchev–Trinajstić information content (AvgIpc) is 3.11. The molecule has 3 aromatic carbocycles. The fourth-order valence-corrected chi connectivity index (χ4v) is 4.09. The Kier molecular flexibility index (Phi) is 6.21. The number of nitrogens with one attached hydrogen (secondary N) is 1. The molecule has 4 aromatic rings. The molecule has 0 aliphatic carbocycles. The quantitative estimate of drug-likeness (QED) is 0.344. The van der Waals surface area contributed by atoms with Crippen molar-refractivity contribution >= 4 is 33.5 Å². The summed E-state index contributed by atoms with van der Waals surface area (Å²) in [4.78, 5) is 14.6. The number of nitrogens with zero attached hydrogens (tertiary/aromatic N) is 2. The molecule has 1 N–H and O–H groups in total. The molecule has 0 saturated heterocycles. The number of hydrogen-bond donors (Lipinski definition) is 1. The number of urea groups is 1. The Morgan fingerprint density at radius 1 is 0.968 bits per heavy atom. The van der Waals surface area contributed by atoms with E-state index in [0.29, 0.717) is 18.8 Å². The van der Waals surface area contributed by atoms with E-state index >= 15 is 0 Å². The van der Waals surface area contributed by atoms with Crippen LogP contribution in [0.4, 0.5) is 14.9 Å². The minimum absolute atomic E-state index is 0.170. The zero-order chi connectivity index (χ0) is 21.8. The first-order chi connectivity index (χ1) is 15.1. The largest absolute Gasteiger partial charge is 0.341 e. The lowest BCUT2D eigenvalue weighted by molar-refractivity contribution is 0.246. The van der Waals surface area contributed by atoms with Gasteiger partial charge in [0, 0.05) is 40.6 Å². The molecule has 2 amide bonds. The number of carbonyl (C=O) groups excluding carboxylic acids is 1. The SMILES string of the molecule is CCCCNC(=O)N(Cc1ccc2c(c1)c1ccccc1n2CC)c1ccc(F)cc1. The van der Waals surface area contributed by atoms with Gasteiger partial charge in [-0.25, -0.2) is 9.18 Å². The van der Waals surface area contributed by atoms with Gasteiger partial charge in [0.15, 0.2) is 0 Å². The van der Waals surface area contributed by atoms with Crippen molar-refractivity contribution in [1.82, 2.24) is 9.88 Å². The monoisotopic (exact) mass is 417 g/mol. The van der Waals surface area contributed by atoms with E-state index in [1.165, 1.54) is 33.9 Å². The molecule has 4 nitrogen and oxygen atoms in total. The maximum absolute atomic E-state index is 13.5. The molecule has 1 heterocycles. The van der Waals surface area contributed by atoms with Crippen molar-refractivity contribution in [3.63, 3.8) is 0 Å². The number of amides is 2. The van der Waals surface area contributed by atoms with Crippen molar-refractivity contribution < 1.29 is 9.18 Å². The van der Waals surface area contributed by atoms with Crippen molar-refractivity contribution in [1.29, 1.82) is 0 Å². The molecule has 4 rings (SSSR count). The molecule has 0 aliphatic rings. The lowest BCUT2D eigenvalue weighted by atomic mass is 10.1. The van der Waals surface area contributed by atoms with Crippen LogP contribution in [0.25, 0.3) is 21.8 Å². The molecule has 0 aliphatic heterocycles. The van der Waals surface area contributed by atoms with Gasteiger partial charge in [-0.3, -0.25) is 4.90 Å².